The lowest BCUT2D eigenvalue weighted by atomic mass is 9.93. The van der Waals surface area contributed by atoms with Crippen molar-refractivity contribution < 1.29 is 18.0 Å². The van der Waals surface area contributed by atoms with Crippen molar-refractivity contribution in [2.75, 3.05) is 42.9 Å². The van der Waals surface area contributed by atoms with E-state index in [1.165, 1.54) is 44.8 Å². The quantitative estimate of drug-likeness (QED) is 0.527. The molecule has 1 N–H and O–H groups in total. The number of piperidine rings is 2. The molecule has 2 saturated heterocycles. The van der Waals surface area contributed by atoms with Gasteiger partial charge in [0.05, 0.1) is 16.3 Å². The van der Waals surface area contributed by atoms with Crippen molar-refractivity contribution in [1.82, 2.24) is 9.88 Å². The van der Waals surface area contributed by atoms with E-state index < -0.39 is 22.7 Å². The fourth-order valence-corrected chi connectivity index (χ4v) is 5.03. The number of halogens is 4. The van der Waals surface area contributed by atoms with Crippen LogP contribution in [0.5, 0.6) is 0 Å². The van der Waals surface area contributed by atoms with E-state index in [2.05, 4.69) is 20.1 Å². The zero-order valence-corrected chi connectivity index (χ0v) is 19.8. The third-order valence-electron chi connectivity index (χ3n) is 6.79. The molecule has 0 radical (unpaired) electrons. The monoisotopic (exact) mass is 494 g/mol. The van der Waals surface area contributed by atoms with Gasteiger partial charge in [-0.2, -0.15) is 13.2 Å². The molecule has 1 aromatic carbocycles. The number of aromatic nitrogens is 1. The second-order valence-electron chi connectivity index (χ2n) is 9.14. The zero-order valence-electron chi connectivity index (χ0n) is 19.1. The van der Waals surface area contributed by atoms with Crippen LogP contribution in [0.4, 0.5) is 24.7 Å². The fourth-order valence-electron chi connectivity index (χ4n) is 4.81. The minimum atomic E-state index is -4.63. The van der Waals surface area contributed by atoms with E-state index in [0.29, 0.717) is 17.4 Å². The molecule has 1 aromatic heterocycles. The van der Waals surface area contributed by atoms with Crippen molar-refractivity contribution >= 4 is 29.0 Å². The van der Waals surface area contributed by atoms with Gasteiger partial charge in [0, 0.05) is 24.8 Å². The summed E-state index contributed by atoms with van der Waals surface area (Å²) in [7, 11) is 0. The average Bonchev–Trinajstić information content (AvgIpc) is 2.83. The summed E-state index contributed by atoms with van der Waals surface area (Å²) >= 11 is 5.68. The van der Waals surface area contributed by atoms with Gasteiger partial charge in [0.25, 0.3) is 5.91 Å². The van der Waals surface area contributed by atoms with Crippen molar-refractivity contribution in [3.63, 3.8) is 0 Å². The van der Waals surface area contributed by atoms with Crippen molar-refractivity contribution in [1.29, 1.82) is 0 Å². The summed E-state index contributed by atoms with van der Waals surface area (Å²) in [6.07, 6.45) is 4.31. The van der Waals surface area contributed by atoms with E-state index in [1.54, 1.807) is 18.3 Å². The summed E-state index contributed by atoms with van der Waals surface area (Å²) in [5.74, 6) is 0.693. The van der Waals surface area contributed by atoms with Crippen LogP contribution in [-0.2, 0) is 6.18 Å². The molecule has 5 nitrogen and oxygen atoms in total. The SMILES string of the molecule is O=C(Nc1cccnc1N1CCC(CCN2CCCCC2)CC1)c1ccc(Cl)c(C(F)(F)F)c1. The number of carbonyl (C=O) groups excluding carboxylic acids is 1. The highest BCUT2D eigenvalue weighted by atomic mass is 35.5. The van der Waals surface area contributed by atoms with Crippen LogP contribution in [0, 0.1) is 5.92 Å². The molecule has 34 heavy (non-hydrogen) atoms. The topological polar surface area (TPSA) is 48.5 Å². The number of likely N-dealkylation sites (tertiary alicyclic amines) is 1. The van der Waals surface area contributed by atoms with Crippen LogP contribution in [0.3, 0.4) is 0 Å². The highest BCUT2D eigenvalue weighted by molar-refractivity contribution is 6.31. The molecule has 0 unspecified atom stereocenters. The van der Waals surface area contributed by atoms with E-state index in [4.69, 9.17) is 11.6 Å². The molecule has 2 aromatic rings. The number of nitrogens with one attached hydrogen (secondary N) is 1. The average molecular weight is 495 g/mol. The molecular weight excluding hydrogens is 465 g/mol. The molecule has 4 rings (SSSR count). The lowest BCUT2D eigenvalue weighted by Gasteiger charge is -2.35. The number of rotatable bonds is 6. The Morgan fingerprint density at radius 2 is 1.82 bits per heavy atom. The molecule has 1 amide bonds. The number of nitrogens with zero attached hydrogens (tertiary/aromatic N) is 3. The van der Waals surface area contributed by atoms with Gasteiger partial charge in [0.15, 0.2) is 5.82 Å². The lowest BCUT2D eigenvalue weighted by molar-refractivity contribution is -0.137. The highest BCUT2D eigenvalue weighted by Crippen LogP contribution is 2.35. The maximum atomic E-state index is 13.2. The molecule has 184 valence electrons. The fraction of sp³-hybridized carbons (Fsp3) is 0.520. The summed E-state index contributed by atoms with van der Waals surface area (Å²) in [5, 5.41) is 2.31. The third kappa shape index (κ3) is 6.21. The Balaban J connectivity index is 1.37. The van der Waals surface area contributed by atoms with Crippen molar-refractivity contribution in [2.45, 2.75) is 44.7 Å². The summed E-state index contributed by atoms with van der Waals surface area (Å²) in [6.45, 7) is 5.27. The number of hydrogen-bond acceptors (Lipinski definition) is 4. The number of pyridine rings is 1. The molecule has 2 aliphatic rings. The molecule has 0 saturated carbocycles. The number of amides is 1. The number of carbonyl (C=O) groups is 1. The smallest absolute Gasteiger partial charge is 0.355 e. The Labute approximate surface area is 203 Å². The second-order valence-corrected chi connectivity index (χ2v) is 9.55. The van der Waals surface area contributed by atoms with E-state index >= 15 is 0 Å². The molecular formula is C25H30ClF3N4O. The normalized spacial score (nSPS) is 18.2. The van der Waals surface area contributed by atoms with Gasteiger partial charge >= 0.3 is 6.18 Å². The standard InChI is InChI=1S/C25H30ClF3N4O/c26-21-7-6-19(17-20(21)25(27,28)29)24(34)31-22-5-4-11-30-23(22)33-15-9-18(10-16-33)8-14-32-12-2-1-3-13-32/h4-7,11,17-18H,1-3,8-10,12-16H2,(H,31,34). The van der Waals surface area contributed by atoms with E-state index in [-0.39, 0.29) is 5.56 Å². The number of anilines is 2. The lowest BCUT2D eigenvalue weighted by Crippen LogP contribution is -2.37. The van der Waals surface area contributed by atoms with E-state index in [0.717, 1.165) is 44.6 Å². The molecule has 0 spiro atoms. The molecule has 9 heteroatoms. The van der Waals surface area contributed by atoms with Gasteiger partial charge in [-0.15, -0.1) is 0 Å². The van der Waals surface area contributed by atoms with E-state index in [1.807, 2.05) is 0 Å². The van der Waals surface area contributed by atoms with E-state index in [9.17, 15) is 18.0 Å². The summed E-state index contributed by atoms with van der Waals surface area (Å²) < 4.78 is 39.5. The van der Waals surface area contributed by atoms with Gasteiger partial charge in [-0.25, -0.2) is 4.98 Å². The maximum absolute atomic E-state index is 13.2. The van der Waals surface area contributed by atoms with Gasteiger partial charge in [0.1, 0.15) is 0 Å². The number of alkyl halides is 3. The summed E-state index contributed by atoms with van der Waals surface area (Å²) in [6, 6.07) is 6.59. The summed E-state index contributed by atoms with van der Waals surface area (Å²) in [5.41, 5.74) is -0.648. The molecule has 0 aliphatic carbocycles. The zero-order chi connectivity index (χ0) is 24.1. The van der Waals surface area contributed by atoms with Gasteiger partial charge < -0.3 is 15.1 Å². The van der Waals surface area contributed by atoms with Crippen LogP contribution in [0.15, 0.2) is 36.5 Å². The van der Waals surface area contributed by atoms with Crippen molar-refractivity contribution in [2.24, 2.45) is 5.92 Å². The third-order valence-corrected chi connectivity index (χ3v) is 7.11. The largest absolute Gasteiger partial charge is 0.417 e. The number of benzene rings is 1. The first-order chi connectivity index (χ1) is 16.3. The summed E-state index contributed by atoms with van der Waals surface area (Å²) in [4.78, 5) is 21.9. The minimum absolute atomic E-state index is 0.108. The first kappa shape index (κ1) is 24.8. The first-order valence-corrected chi connectivity index (χ1v) is 12.3. The van der Waals surface area contributed by atoms with Crippen LogP contribution in [0.2, 0.25) is 5.02 Å². The Bertz CT molecular complexity index is 986. The Morgan fingerprint density at radius 1 is 1.09 bits per heavy atom. The van der Waals surface area contributed by atoms with Crippen molar-refractivity contribution in [3.05, 3.63) is 52.7 Å². The van der Waals surface area contributed by atoms with Gasteiger partial charge in [-0.3, -0.25) is 4.79 Å². The molecule has 2 fully saturated rings. The van der Waals surface area contributed by atoms with Crippen LogP contribution in [-0.4, -0.2) is 48.5 Å². The maximum Gasteiger partial charge on any atom is 0.417 e. The Morgan fingerprint density at radius 3 is 2.53 bits per heavy atom. The van der Waals surface area contributed by atoms with Crippen LogP contribution in [0.25, 0.3) is 0 Å². The Hall–Kier alpha value is -2.32. The Kier molecular flexibility index (Phi) is 7.99. The number of hydrogen-bond donors (Lipinski definition) is 1. The van der Waals surface area contributed by atoms with Gasteiger partial charge in [0.2, 0.25) is 0 Å². The second kappa shape index (κ2) is 11.0. The van der Waals surface area contributed by atoms with Gasteiger partial charge in [-0.05, 0) is 88.0 Å². The highest BCUT2D eigenvalue weighted by Gasteiger charge is 2.34. The van der Waals surface area contributed by atoms with Crippen LogP contribution < -0.4 is 10.2 Å². The van der Waals surface area contributed by atoms with Crippen LogP contribution >= 0.6 is 11.6 Å². The molecule has 2 aliphatic heterocycles. The predicted molar refractivity (Wildman–Crippen MR) is 128 cm³/mol. The molecule has 0 bridgehead atoms. The molecule has 0 atom stereocenters. The van der Waals surface area contributed by atoms with Crippen molar-refractivity contribution in [3.8, 4) is 0 Å². The van der Waals surface area contributed by atoms with Crippen LogP contribution in [0.1, 0.15) is 54.4 Å². The first-order valence-electron chi connectivity index (χ1n) is 11.9. The molecule has 3 heterocycles. The minimum Gasteiger partial charge on any atom is -0.355 e. The van der Waals surface area contributed by atoms with Gasteiger partial charge in [-0.1, -0.05) is 18.0 Å². The predicted octanol–water partition coefficient (Wildman–Crippen LogP) is 6.10.